The van der Waals surface area contributed by atoms with Gasteiger partial charge >= 0.3 is 6.01 Å². The summed E-state index contributed by atoms with van der Waals surface area (Å²) in [7, 11) is -2.48. The minimum absolute atomic E-state index is 0.0139. The molecule has 0 aliphatic carbocycles. The lowest BCUT2D eigenvalue weighted by molar-refractivity contribution is -0.121. The highest BCUT2D eigenvalue weighted by Gasteiger charge is 2.30. The average Bonchev–Trinajstić information content (AvgIpc) is 2.96. The van der Waals surface area contributed by atoms with Crippen molar-refractivity contribution in [2.45, 2.75) is 31.6 Å². The van der Waals surface area contributed by atoms with Crippen molar-refractivity contribution < 1.29 is 22.7 Å². The quantitative estimate of drug-likeness (QED) is 0.770. The fourth-order valence-corrected chi connectivity index (χ4v) is 3.93. The van der Waals surface area contributed by atoms with Crippen LogP contribution in [0.4, 0.5) is 11.4 Å². The van der Waals surface area contributed by atoms with Gasteiger partial charge in [-0.15, -0.1) is 0 Å². The van der Waals surface area contributed by atoms with Crippen LogP contribution in [0.3, 0.4) is 0 Å². The van der Waals surface area contributed by atoms with Gasteiger partial charge in [0.15, 0.2) is 0 Å². The highest BCUT2D eigenvalue weighted by atomic mass is 32.2. The molecule has 142 valence electrons. The van der Waals surface area contributed by atoms with E-state index in [1.807, 2.05) is 0 Å². The van der Waals surface area contributed by atoms with E-state index in [0.717, 1.165) is 4.90 Å². The number of aryl methyl sites for hydroxylation is 2. The smallest absolute Gasteiger partial charge is 0.316 e. The number of sulfonamides is 1. The highest BCUT2D eigenvalue weighted by Crippen LogP contribution is 2.26. The first-order valence-corrected chi connectivity index (χ1v) is 9.59. The molecule has 2 amide bonds. The molecule has 0 saturated carbocycles. The Labute approximate surface area is 156 Å². The van der Waals surface area contributed by atoms with Crippen LogP contribution in [0.2, 0.25) is 0 Å². The van der Waals surface area contributed by atoms with Crippen molar-refractivity contribution in [1.82, 2.24) is 9.97 Å². The Balaban J connectivity index is 1.88. The molecule has 2 aromatic rings. The molecule has 0 radical (unpaired) electrons. The Bertz CT molecular complexity index is 979. The van der Waals surface area contributed by atoms with Gasteiger partial charge in [0.1, 0.15) is 0 Å². The summed E-state index contributed by atoms with van der Waals surface area (Å²) >= 11 is 0. The minimum atomic E-state index is -3.90. The Morgan fingerprint density at radius 1 is 1.00 bits per heavy atom. The van der Waals surface area contributed by atoms with Gasteiger partial charge in [-0.05, 0) is 38.1 Å². The summed E-state index contributed by atoms with van der Waals surface area (Å²) in [5.74, 6) is -0.592. The van der Waals surface area contributed by atoms with E-state index < -0.39 is 10.0 Å². The third-order valence-electron chi connectivity index (χ3n) is 4.13. The Hall–Kier alpha value is -3.01. The van der Waals surface area contributed by atoms with Crippen LogP contribution in [0.25, 0.3) is 0 Å². The summed E-state index contributed by atoms with van der Waals surface area (Å²) in [6.45, 7) is 3.28. The van der Waals surface area contributed by atoms with Gasteiger partial charge in [0.25, 0.3) is 10.0 Å². The van der Waals surface area contributed by atoms with Gasteiger partial charge in [-0.1, -0.05) is 0 Å². The maximum absolute atomic E-state index is 12.7. The second-order valence-electron chi connectivity index (χ2n) is 5.98. The van der Waals surface area contributed by atoms with Crippen LogP contribution in [0.15, 0.2) is 29.2 Å². The number of hydrogen-bond donors (Lipinski definition) is 1. The number of imide groups is 1. The number of anilines is 2. The number of carbonyl (C=O) groups excluding carboxylic acids is 2. The summed E-state index contributed by atoms with van der Waals surface area (Å²) in [4.78, 5) is 32.8. The van der Waals surface area contributed by atoms with Crippen molar-refractivity contribution >= 4 is 33.2 Å². The van der Waals surface area contributed by atoms with Crippen molar-refractivity contribution in [3.05, 3.63) is 35.7 Å². The van der Waals surface area contributed by atoms with Crippen LogP contribution in [0.1, 0.15) is 24.2 Å². The lowest BCUT2D eigenvalue weighted by Crippen LogP contribution is -2.28. The van der Waals surface area contributed by atoms with E-state index in [1.165, 1.54) is 31.4 Å². The van der Waals surface area contributed by atoms with Crippen molar-refractivity contribution in [3.8, 4) is 6.01 Å². The second kappa shape index (κ2) is 6.95. The molecule has 0 atom stereocenters. The highest BCUT2D eigenvalue weighted by molar-refractivity contribution is 7.92. The zero-order valence-electron chi connectivity index (χ0n) is 15.0. The van der Waals surface area contributed by atoms with Crippen LogP contribution in [-0.4, -0.2) is 37.3 Å². The molecule has 0 unspecified atom stereocenters. The number of benzene rings is 1. The lowest BCUT2D eigenvalue weighted by atomic mass is 10.3. The zero-order valence-corrected chi connectivity index (χ0v) is 15.8. The first kappa shape index (κ1) is 18.8. The molecular weight excluding hydrogens is 372 g/mol. The number of hydrogen-bond acceptors (Lipinski definition) is 7. The molecule has 10 heteroatoms. The van der Waals surface area contributed by atoms with Gasteiger partial charge in [0, 0.05) is 12.8 Å². The number of carbonyl (C=O) groups is 2. The number of nitrogens with one attached hydrogen (secondary N) is 1. The summed E-state index contributed by atoms with van der Waals surface area (Å²) in [6.07, 6.45) is 0.326. The molecule has 1 aliphatic heterocycles. The molecule has 1 saturated heterocycles. The SMILES string of the molecule is COc1nc(C)c(NS(=O)(=O)c2ccc(N3C(=O)CCC3=O)cc2)c(C)n1. The van der Waals surface area contributed by atoms with Gasteiger partial charge in [-0.2, -0.15) is 9.97 Å². The number of methoxy groups -OCH3 is 1. The van der Waals surface area contributed by atoms with Gasteiger partial charge in [-0.25, -0.2) is 8.42 Å². The first-order chi connectivity index (χ1) is 12.7. The van der Waals surface area contributed by atoms with E-state index in [-0.39, 0.29) is 41.2 Å². The molecule has 2 heterocycles. The van der Waals surface area contributed by atoms with Crippen molar-refractivity contribution in [2.24, 2.45) is 0 Å². The van der Waals surface area contributed by atoms with E-state index in [4.69, 9.17) is 4.74 Å². The summed E-state index contributed by atoms with van der Waals surface area (Å²) in [6, 6.07) is 5.69. The topological polar surface area (TPSA) is 119 Å². The molecule has 0 bridgehead atoms. The Morgan fingerprint density at radius 3 is 2.00 bits per heavy atom. The third kappa shape index (κ3) is 3.61. The predicted octanol–water partition coefficient (Wildman–Crippen LogP) is 1.56. The number of amides is 2. The first-order valence-electron chi connectivity index (χ1n) is 8.11. The molecule has 1 aromatic carbocycles. The monoisotopic (exact) mass is 390 g/mol. The molecule has 0 spiro atoms. The van der Waals surface area contributed by atoms with Crippen molar-refractivity contribution in [1.29, 1.82) is 0 Å². The predicted molar refractivity (Wildman–Crippen MR) is 97.0 cm³/mol. The zero-order chi connectivity index (χ0) is 19.8. The van der Waals surface area contributed by atoms with Crippen LogP contribution in [0, 0.1) is 13.8 Å². The second-order valence-corrected chi connectivity index (χ2v) is 7.66. The number of ether oxygens (including phenoxy) is 1. The fourth-order valence-electron chi connectivity index (χ4n) is 2.76. The summed E-state index contributed by atoms with van der Waals surface area (Å²) < 4.78 is 32.8. The lowest BCUT2D eigenvalue weighted by Gasteiger charge is -2.15. The van der Waals surface area contributed by atoms with Gasteiger partial charge in [-0.3, -0.25) is 19.2 Å². The summed E-state index contributed by atoms with van der Waals surface area (Å²) in [5, 5.41) is 0. The van der Waals surface area contributed by atoms with Crippen LogP contribution in [-0.2, 0) is 19.6 Å². The fraction of sp³-hybridized carbons (Fsp3) is 0.294. The largest absolute Gasteiger partial charge is 0.467 e. The van der Waals surface area contributed by atoms with Crippen LogP contribution < -0.4 is 14.4 Å². The van der Waals surface area contributed by atoms with Gasteiger partial charge in [0.05, 0.1) is 34.8 Å². The molecule has 3 rings (SSSR count). The van der Waals surface area contributed by atoms with E-state index in [2.05, 4.69) is 14.7 Å². The maximum Gasteiger partial charge on any atom is 0.316 e. The maximum atomic E-state index is 12.7. The molecule has 1 aromatic heterocycles. The Kier molecular flexibility index (Phi) is 4.83. The molecule has 27 heavy (non-hydrogen) atoms. The van der Waals surface area contributed by atoms with Crippen LogP contribution in [0.5, 0.6) is 6.01 Å². The third-order valence-corrected chi connectivity index (χ3v) is 5.49. The van der Waals surface area contributed by atoms with E-state index in [0.29, 0.717) is 17.1 Å². The van der Waals surface area contributed by atoms with Gasteiger partial charge in [0.2, 0.25) is 11.8 Å². The minimum Gasteiger partial charge on any atom is -0.467 e. The number of rotatable bonds is 5. The Morgan fingerprint density at radius 2 is 1.52 bits per heavy atom. The molecule has 9 nitrogen and oxygen atoms in total. The average molecular weight is 390 g/mol. The molecular formula is C17H18N4O5S. The number of aromatic nitrogens is 2. The molecule has 1 N–H and O–H groups in total. The van der Waals surface area contributed by atoms with Gasteiger partial charge < -0.3 is 4.74 Å². The van der Waals surface area contributed by atoms with E-state index >= 15 is 0 Å². The van der Waals surface area contributed by atoms with E-state index in [9.17, 15) is 18.0 Å². The molecule has 1 fully saturated rings. The summed E-state index contributed by atoms with van der Waals surface area (Å²) in [5.41, 5.74) is 1.46. The van der Waals surface area contributed by atoms with E-state index in [1.54, 1.807) is 13.8 Å². The normalized spacial score (nSPS) is 14.6. The number of nitrogens with zero attached hydrogens (tertiary/aromatic N) is 3. The van der Waals surface area contributed by atoms with Crippen molar-refractivity contribution in [3.63, 3.8) is 0 Å². The van der Waals surface area contributed by atoms with Crippen LogP contribution >= 0.6 is 0 Å². The molecule has 1 aliphatic rings. The van der Waals surface area contributed by atoms with Crippen molar-refractivity contribution in [2.75, 3.05) is 16.7 Å². The standard InChI is InChI=1S/C17H18N4O5S/c1-10-16(11(2)19-17(18-10)26-3)20-27(24,25)13-6-4-12(5-7-13)21-14(22)8-9-15(21)23/h4-7,20H,8-9H2,1-3H3.